The van der Waals surface area contributed by atoms with E-state index in [0.717, 1.165) is 24.0 Å². The molecule has 0 amide bonds. The molecule has 1 N–H and O–H groups in total. The first-order valence-corrected chi connectivity index (χ1v) is 6.64. The Labute approximate surface area is 113 Å². The van der Waals surface area contributed by atoms with Crippen LogP contribution < -0.4 is 0 Å². The Morgan fingerprint density at radius 3 is 2.53 bits per heavy atom. The van der Waals surface area contributed by atoms with Crippen molar-refractivity contribution >= 4 is 0 Å². The van der Waals surface area contributed by atoms with Crippen molar-refractivity contribution in [2.75, 3.05) is 0 Å². The maximum atomic E-state index is 10.3. The van der Waals surface area contributed by atoms with Gasteiger partial charge in [0.05, 0.1) is 6.10 Å². The molecule has 0 bridgehead atoms. The van der Waals surface area contributed by atoms with E-state index in [2.05, 4.69) is 17.9 Å². The molecule has 2 unspecified atom stereocenters. The van der Waals surface area contributed by atoms with E-state index in [1.807, 2.05) is 48.5 Å². The zero-order chi connectivity index (χ0) is 13.1. The first-order valence-electron chi connectivity index (χ1n) is 6.64. The van der Waals surface area contributed by atoms with Crippen molar-refractivity contribution in [1.29, 1.82) is 0 Å². The summed E-state index contributed by atoms with van der Waals surface area (Å²) in [6, 6.07) is 18.1. The van der Waals surface area contributed by atoms with Crippen LogP contribution in [-0.4, -0.2) is 5.11 Å². The Morgan fingerprint density at radius 2 is 1.74 bits per heavy atom. The van der Waals surface area contributed by atoms with Crippen LogP contribution in [0.3, 0.4) is 0 Å². The molecule has 1 nitrogen and oxygen atoms in total. The molecule has 19 heavy (non-hydrogen) atoms. The molecule has 2 atom stereocenters. The van der Waals surface area contributed by atoms with Gasteiger partial charge >= 0.3 is 0 Å². The lowest BCUT2D eigenvalue weighted by molar-refractivity contribution is 0.126. The summed E-state index contributed by atoms with van der Waals surface area (Å²) in [6.45, 7) is 0. The molecule has 2 aromatic carbocycles. The summed E-state index contributed by atoms with van der Waals surface area (Å²) in [5.41, 5.74) is 3.38. The SMILES string of the molecule is OC1c2ccccc2CC1CC#Cc1ccccc1. The predicted molar refractivity (Wildman–Crippen MR) is 76.5 cm³/mol. The van der Waals surface area contributed by atoms with Gasteiger partial charge in [0.25, 0.3) is 0 Å². The summed E-state index contributed by atoms with van der Waals surface area (Å²) in [6.07, 6.45) is 1.31. The Balaban J connectivity index is 1.69. The molecule has 1 aliphatic carbocycles. The van der Waals surface area contributed by atoms with Crippen molar-refractivity contribution in [3.8, 4) is 11.8 Å². The molecule has 1 heteroatoms. The van der Waals surface area contributed by atoms with Crippen LogP contribution in [0.25, 0.3) is 0 Å². The van der Waals surface area contributed by atoms with Crippen LogP contribution in [0.15, 0.2) is 54.6 Å². The lowest BCUT2D eigenvalue weighted by Gasteiger charge is -2.11. The summed E-state index contributed by atoms with van der Waals surface area (Å²) in [7, 11) is 0. The van der Waals surface area contributed by atoms with Crippen molar-refractivity contribution in [2.45, 2.75) is 18.9 Å². The molecule has 3 rings (SSSR count). The van der Waals surface area contributed by atoms with Gasteiger partial charge in [-0.2, -0.15) is 0 Å². The van der Waals surface area contributed by atoms with Crippen molar-refractivity contribution < 1.29 is 5.11 Å². The minimum Gasteiger partial charge on any atom is -0.388 e. The quantitative estimate of drug-likeness (QED) is 0.767. The van der Waals surface area contributed by atoms with Gasteiger partial charge < -0.3 is 5.11 Å². The normalized spacial score (nSPS) is 20.5. The van der Waals surface area contributed by atoms with Gasteiger partial charge in [0, 0.05) is 17.9 Å². The van der Waals surface area contributed by atoms with Gasteiger partial charge in [-0.15, -0.1) is 0 Å². The van der Waals surface area contributed by atoms with Crippen LogP contribution >= 0.6 is 0 Å². The lowest BCUT2D eigenvalue weighted by atomic mass is 10.00. The molecule has 0 saturated carbocycles. The standard InChI is InChI=1S/C18H16O/c19-18-16(13-15-10-4-5-12-17(15)18)11-6-9-14-7-2-1-3-8-14/h1-5,7-8,10,12,16,18-19H,11,13H2. The van der Waals surface area contributed by atoms with E-state index < -0.39 is 0 Å². The Hall–Kier alpha value is -2.04. The first kappa shape index (κ1) is 12.0. The Kier molecular flexibility index (Phi) is 3.35. The van der Waals surface area contributed by atoms with E-state index >= 15 is 0 Å². The number of hydrogen-bond donors (Lipinski definition) is 1. The number of fused-ring (bicyclic) bond motifs is 1. The van der Waals surface area contributed by atoms with Gasteiger partial charge in [-0.25, -0.2) is 0 Å². The summed E-state index contributed by atoms with van der Waals surface area (Å²) >= 11 is 0. The molecule has 0 fully saturated rings. The summed E-state index contributed by atoms with van der Waals surface area (Å²) in [4.78, 5) is 0. The maximum absolute atomic E-state index is 10.3. The van der Waals surface area contributed by atoms with Crippen LogP contribution in [0, 0.1) is 17.8 Å². The van der Waals surface area contributed by atoms with Crippen molar-refractivity contribution in [1.82, 2.24) is 0 Å². The monoisotopic (exact) mass is 248 g/mol. The molecular weight excluding hydrogens is 232 g/mol. The van der Waals surface area contributed by atoms with Gasteiger partial charge in [0.15, 0.2) is 0 Å². The molecule has 0 spiro atoms. The van der Waals surface area contributed by atoms with Gasteiger partial charge in [0.1, 0.15) is 0 Å². The Bertz CT molecular complexity index is 619. The summed E-state index contributed by atoms with van der Waals surface area (Å²) in [5.74, 6) is 6.59. The molecule has 94 valence electrons. The average Bonchev–Trinajstić information content (AvgIpc) is 2.78. The van der Waals surface area contributed by atoms with Gasteiger partial charge in [-0.1, -0.05) is 54.3 Å². The van der Waals surface area contributed by atoms with Crippen LogP contribution in [0.1, 0.15) is 29.2 Å². The third kappa shape index (κ3) is 2.54. The second kappa shape index (κ2) is 5.30. The number of hydrogen-bond acceptors (Lipinski definition) is 1. The fourth-order valence-electron chi connectivity index (χ4n) is 2.65. The molecule has 1 aliphatic rings. The third-order valence-electron chi connectivity index (χ3n) is 3.67. The number of rotatable bonds is 1. The van der Waals surface area contributed by atoms with Crippen LogP contribution in [0.5, 0.6) is 0 Å². The predicted octanol–water partition coefficient (Wildman–Crippen LogP) is 3.33. The molecule has 2 aromatic rings. The molecule has 0 saturated heterocycles. The maximum Gasteiger partial charge on any atom is 0.0833 e. The van der Waals surface area contributed by atoms with E-state index in [1.54, 1.807) is 0 Å². The van der Waals surface area contributed by atoms with Gasteiger partial charge in [0.2, 0.25) is 0 Å². The fourth-order valence-corrected chi connectivity index (χ4v) is 2.65. The van der Waals surface area contributed by atoms with Gasteiger partial charge in [-0.3, -0.25) is 0 Å². The minimum absolute atomic E-state index is 0.230. The van der Waals surface area contributed by atoms with E-state index in [0.29, 0.717) is 0 Å². The van der Waals surface area contributed by atoms with Gasteiger partial charge in [-0.05, 0) is 29.7 Å². The largest absolute Gasteiger partial charge is 0.388 e. The number of aliphatic hydroxyl groups is 1. The highest BCUT2D eigenvalue weighted by Gasteiger charge is 2.29. The molecule has 0 aliphatic heterocycles. The highest BCUT2D eigenvalue weighted by Crippen LogP contribution is 2.37. The van der Waals surface area contributed by atoms with E-state index in [9.17, 15) is 5.11 Å². The summed E-state index contributed by atoms with van der Waals surface area (Å²) in [5, 5.41) is 10.3. The second-order valence-electron chi connectivity index (χ2n) is 4.98. The lowest BCUT2D eigenvalue weighted by Crippen LogP contribution is -2.05. The third-order valence-corrected chi connectivity index (χ3v) is 3.67. The molecule has 0 heterocycles. The molecular formula is C18H16O. The summed E-state index contributed by atoms with van der Waals surface area (Å²) < 4.78 is 0. The van der Waals surface area contributed by atoms with Crippen molar-refractivity contribution in [3.05, 3.63) is 71.3 Å². The zero-order valence-corrected chi connectivity index (χ0v) is 10.7. The van der Waals surface area contributed by atoms with Crippen LogP contribution in [0.4, 0.5) is 0 Å². The minimum atomic E-state index is -0.360. The Morgan fingerprint density at radius 1 is 1.00 bits per heavy atom. The van der Waals surface area contributed by atoms with E-state index in [1.165, 1.54) is 5.56 Å². The first-order chi connectivity index (χ1) is 9.34. The molecule has 0 aromatic heterocycles. The van der Waals surface area contributed by atoms with Crippen LogP contribution in [-0.2, 0) is 6.42 Å². The number of aliphatic hydroxyl groups excluding tert-OH is 1. The van der Waals surface area contributed by atoms with Crippen molar-refractivity contribution in [3.63, 3.8) is 0 Å². The topological polar surface area (TPSA) is 20.2 Å². The second-order valence-corrected chi connectivity index (χ2v) is 4.98. The van der Waals surface area contributed by atoms with E-state index in [-0.39, 0.29) is 12.0 Å². The zero-order valence-electron chi connectivity index (χ0n) is 10.7. The van der Waals surface area contributed by atoms with E-state index in [4.69, 9.17) is 0 Å². The fraction of sp³-hybridized carbons (Fsp3) is 0.222. The molecule has 0 radical (unpaired) electrons. The van der Waals surface area contributed by atoms with Crippen LogP contribution in [0.2, 0.25) is 0 Å². The average molecular weight is 248 g/mol. The number of benzene rings is 2. The highest BCUT2D eigenvalue weighted by molar-refractivity contribution is 5.36. The van der Waals surface area contributed by atoms with Crippen molar-refractivity contribution in [2.24, 2.45) is 5.92 Å². The smallest absolute Gasteiger partial charge is 0.0833 e. The highest BCUT2D eigenvalue weighted by atomic mass is 16.3.